The molecule has 1 atom stereocenters. The first-order chi connectivity index (χ1) is 13.1. The van der Waals surface area contributed by atoms with Crippen LogP contribution >= 0.6 is 0 Å². The lowest BCUT2D eigenvalue weighted by Gasteiger charge is -2.40. The molecule has 0 radical (unpaired) electrons. The summed E-state index contributed by atoms with van der Waals surface area (Å²) < 4.78 is 10.9. The molecule has 1 saturated heterocycles. The minimum Gasteiger partial charge on any atom is -0.454 e. The van der Waals surface area contributed by atoms with E-state index in [1.54, 1.807) is 19.4 Å². The number of nitrogens with one attached hydrogen (secondary N) is 1. The number of hydrogen-bond acceptors (Lipinski definition) is 6. The molecule has 1 fully saturated rings. The Labute approximate surface area is 158 Å². The van der Waals surface area contributed by atoms with Gasteiger partial charge in [0.1, 0.15) is 0 Å². The first-order valence-electron chi connectivity index (χ1n) is 9.24. The predicted octanol–water partition coefficient (Wildman–Crippen LogP) is 2.73. The van der Waals surface area contributed by atoms with Gasteiger partial charge in [-0.05, 0) is 42.4 Å². The molecule has 2 aromatic rings. The molecule has 7 nitrogen and oxygen atoms in total. The van der Waals surface area contributed by atoms with E-state index in [4.69, 9.17) is 9.47 Å². The molecule has 0 spiro atoms. The van der Waals surface area contributed by atoms with Gasteiger partial charge in [-0.25, -0.2) is 9.97 Å². The monoisotopic (exact) mass is 368 g/mol. The Hall–Kier alpha value is -2.83. The Balaban J connectivity index is 1.46. The van der Waals surface area contributed by atoms with Gasteiger partial charge in [0, 0.05) is 32.5 Å². The maximum Gasteiger partial charge on any atom is 0.257 e. The van der Waals surface area contributed by atoms with Crippen molar-refractivity contribution in [2.75, 3.05) is 32.2 Å². The normalized spacial score (nSPS) is 21.2. The number of amides is 1. The van der Waals surface area contributed by atoms with Crippen molar-refractivity contribution in [1.29, 1.82) is 0 Å². The highest BCUT2D eigenvalue weighted by molar-refractivity contribution is 5.93. The molecule has 4 rings (SSSR count). The van der Waals surface area contributed by atoms with Crippen molar-refractivity contribution in [3.05, 3.63) is 41.7 Å². The second kappa shape index (κ2) is 7.06. The van der Waals surface area contributed by atoms with Crippen LogP contribution in [0.4, 0.5) is 5.95 Å². The van der Waals surface area contributed by atoms with Crippen LogP contribution in [0.2, 0.25) is 0 Å². The van der Waals surface area contributed by atoms with Crippen LogP contribution in [0.15, 0.2) is 30.6 Å². The van der Waals surface area contributed by atoms with Crippen LogP contribution in [-0.4, -0.2) is 47.7 Å². The van der Waals surface area contributed by atoms with E-state index >= 15 is 0 Å². The van der Waals surface area contributed by atoms with Gasteiger partial charge in [0.05, 0.1) is 5.56 Å². The predicted molar refractivity (Wildman–Crippen MR) is 101 cm³/mol. The molecule has 0 saturated carbocycles. The summed E-state index contributed by atoms with van der Waals surface area (Å²) in [5, 5.41) is 2.86. The highest BCUT2D eigenvalue weighted by atomic mass is 16.7. The fraction of sp³-hybridized carbons (Fsp3) is 0.450. The smallest absolute Gasteiger partial charge is 0.257 e. The minimum absolute atomic E-state index is 0.00531. The van der Waals surface area contributed by atoms with Crippen LogP contribution in [0.25, 0.3) is 0 Å². The summed E-state index contributed by atoms with van der Waals surface area (Å²) in [7, 11) is 1.75. The van der Waals surface area contributed by atoms with Crippen molar-refractivity contribution in [2.45, 2.75) is 26.2 Å². The first kappa shape index (κ1) is 17.6. The van der Waals surface area contributed by atoms with E-state index in [1.807, 2.05) is 11.0 Å². The summed E-state index contributed by atoms with van der Waals surface area (Å²) in [5.74, 6) is 2.11. The number of benzene rings is 1. The SMILES string of the molecule is CNc1ncc(C(=O)N2CCCC(C)(Cc3ccc4c(c3)OCO4)C2)cn1. The average molecular weight is 368 g/mol. The highest BCUT2D eigenvalue weighted by Crippen LogP contribution is 2.37. The molecule has 2 aliphatic heterocycles. The fourth-order valence-electron chi connectivity index (χ4n) is 3.93. The molecule has 0 aliphatic carbocycles. The molecule has 0 bridgehead atoms. The third-order valence-corrected chi connectivity index (χ3v) is 5.26. The van der Waals surface area contributed by atoms with Gasteiger partial charge in [0.2, 0.25) is 12.7 Å². The van der Waals surface area contributed by atoms with E-state index in [9.17, 15) is 4.79 Å². The summed E-state index contributed by atoms with van der Waals surface area (Å²) in [4.78, 5) is 23.1. The molecule has 142 valence electrons. The molecule has 2 aliphatic rings. The Morgan fingerprint density at radius 1 is 1.26 bits per heavy atom. The van der Waals surface area contributed by atoms with Crippen molar-refractivity contribution in [2.24, 2.45) is 5.41 Å². The largest absolute Gasteiger partial charge is 0.454 e. The third-order valence-electron chi connectivity index (χ3n) is 5.26. The zero-order valence-electron chi connectivity index (χ0n) is 15.7. The van der Waals surface area contributed by atoms with Crippen molar-refractivity contribution >= 4 is 11.9 Å². The maximum atomic E-state index is 12.9. The average Bonchev–Trinajstić information content (AvgIpc) is 3.15. The second-order valence-corrected chi connectivity index (χ2v) is 7.55. The summed E-state index contributed by atoms with van der Waals surface area (Å²) in [5.41, 5.74) is 1.76. The molecule has 27 heavy (non-hydrogen) atoms. The van der Waals surface area contributed by atoms with Crippen molar-refractivity contribution in [1.82, 2.24) is 14.9 Å². The van der Waals surface area contributed by atoms with Gasteiger partial charge < -0.3 is 19.7 Å². The van der Waals surface area contributed by atoms with Gasteiger partial charge in [-0.2, -0.15) is 0 Å². The number of fused-ring (bicyclic) bond motifs is 1. The van der Waals surface area contributed by atoms with Gasteiger partial charge in [0.25, 0.3) is 5.91 Å². The van der Waals surface area contributed by atoms with E-state index in [-0.39, 0.29) is 18.1 Å². The number of ether oxygens (including phenoxy) is 2. The lowest BCUT2D eigenvalue weighted by molar-refractivity contribution is 0.0550. The number of piperidine rings is 1. The Bertz CT molecular complexity index is 840. The molecule has 1 unspecified atom stereocenters. The molecule has 1 aromatic heterocycles. The van der Waals surface area contributed by atoms with E-state index in [1.165, 1.54) is 5.56 Å². The van der Waals surface area contributed by atoms with Crippen LogP contribution in [0.1, 0.15) is 35.7 Å². The summed E-state index contributed by atoms with van der Waals surface area (Å²) in [6.45, 7) is 4.02. The molecule has 7 heteroatoms. The zero-order valence-corrected chi connectivity index (χ0v) is 15.7. The molecular formula is C20H24N4O3. The lowest BCUT2D eigenvalue weighted by atomic mass is 9.77. The molecule has 3 heterocycles. The van der Waals surface area contributed by atoms with Gasteiger partial charge in [-0.3, -0.25) is 4.79 Å². The van der Waals surface area contributed by atoms with Gasteiger partial charge in [0.15, 0.2) is 11.5 Å². The molecule has 1 N–H and O–H groups in total. The lowest BCUT2D eigenvalue weighted by Crippen LogP contribution is -2.45. The molecular weight excluding hydrogens is 344 g/mol. The van der Waals surface area contributed by atoms with Gasteiger partial charge >= 0.3 is 0 Å². The summed E-state index contributed by atoms with van der Waals surface area (Å²) in [6.07, 6.45) is 6.14. The topological polar surface area (TPSA) is 76.6 Å². The first-order valence-corrected chi connectivity index (χ1v) is 9.24. The highest BCUT2D eigenvalue weighted by Gasteiger charge is 2.34. The standard InChI is InChI=1S/C20H24N4O3/c1-20(9-14-4-5-16-17(8-14)27-13-26-16)6-3-7-24(12-20)18(25)15-10-22-19(21-2)23-11-15/h4-5,8,10-11H,3,6-7,9,12-13H2,1-2H3,(H,21,22,23). The number of aromatic nitrogens is 2. The van der Waals surface area contributed by atoms with Crippen LogP contribution in [0.3, 0.4) is 0 Å². The molecule has 1 aromatic carbocycles. The van der Waals surface area contributed by atoms with Crippen molar-refractivity contribution < 1.29 is 14.3 Å². The van der Waals surface area contributed by atoms with Crippen LogP contribution in [0.5, 0.6) is 11.5 Å². The number of carbonyl (C=O) groups excluding carboxylic acids is 1. The maximum absolute atomic E-state index is 12.9. The van der Waals surface area contributed by atoms with E-state index in [2.05, 4.69) is 34.3 Å². The van der Waals surface area contributed by atoms with E-state index < -0.39 is 0 Å². The number of likely N-dealkylation sites (tertiary alicyclic amines) is 1. The van der Waals surface area contributed by atoms with Crippen molar-refractivity contribution in [3.63, 3.8) is 0 Å². The Morgan fingerprint density at radius 2 is 2.04 bits per heavy atom. The number of carbonyl (C=O) groups is 1. The number of nitrogens with zero attached hydrogens (tertiary/aromatic N) is 3. The van der Waals surface area contributed by atoms with E-state index in [0.29, 0.717) is 18.1 Å². The Kier molecular flexibility index (Phi) is 4.59. The Morgan fingerprint density at radius 3 is 2.81 bits per heavy atom. The summed E-state index contributed by atoms with van der Waals surface area (Å²) in [6, 6.07) is 6.11. The van der Waals surface area contributed by atoms with Gasteiger partial charge in [-0.15, -0.1) is 0 Å². The number of anilines is 1. The van der Waals surface area contributed by atoms with Crippen LogP contribution in [0, 0.1) is 5.41 Å². The number of rotatable bonds is 4. The number of hydrogen-bond donors (Lipinski definition) is 1. The zero-order chi connectivity index (χ0) is 18.9. The van der Waals surface area contributed by atoms with Crippen LogP contribution < -0.4 is 14.8 Å². The third kappa shape index (κ3) is 3.67. The second-order valence-electron chi connectivity index (χ2n) is 7.55. The van der Waals surface area contributed by atoms with E-state index in [0.717, 1.165) is 37.3 Å². The van der Waals surface area contributed by atoms with Crippen LogP contribution in [-0.2, 0) is 6.42 Å². The minimum atomic E-state index is -0.00531. The summed E-state index contributed by atoms with van der Waals surface area (Å²) >= 11 is 0. The van der Waals surface area contributed by atoms with Gasteiger partial charge in [-0.1, -0.05) is 13.0 Å². The molecule has 1 amide bonds. The quantitative estimate of drug-likeness (QED) is 0.894. The fourth-order valence-corrected chi connectivity index (χ4v) is 3.93. The van der Waals surface area contributed by atoms with Crippen molar-refractivity contribution in [3.8, 4) is 11.5 Å².